The molecule has 0 radical (unpaired) electrons. The molecule has 88 valence electrons. The first-order chi connectivity index (χ1) is 8.31. The van der Waals surface area contributed by atoms with Gasteiger partial charge in [-0.2, -0.15) is 0 Å². The van der Waals surface area contributed by atoms with Gasteiger partial charge in [0.05, 0.1) is 12.8 Å². The van der Waals surface area contributed by atoms with Crippen molar-refractivity contribution in [3.05, 3.63) is 48.3 Å². The molecule has 0 fully saturated rings. The Morgan fingerprint density at radius 3 is 2.76 bits per heavy atom. The van der Waals surface area contributed by atoms with Gasteiger partial charge in [-0.05, 0) is 30.3 Å². The average molecular weight is 246 g/mol. The lowest BCUT2D eigenvalue weighted by Crippen LogP contribution is -1.98. The van der Waals surface area contributed by atoms with Crippen LogP contribution >= 0.6 is 11.8 Å². The maximum absolute atomic E-state index is 5.50. The Hall–Kier alpha value is -1.52. The number of benzene rings is 1. The van der Waals surface area contributed by atoms with Crippen LogP contribution < -0.4 is 10.5 Å². The minimum absolute atomic E-state index is 0.476. The molecule has 2 N–H and O–H groups in total. The van der Waals surface area contributed by atoms with Gasteiger partial charge in [0.1, 0.15) is 5.75 Å². The summed E-state index contributed by atoms with van der Waals surface area (Å²) in [5.74, 6) is 0.863. The fourth-order valence-electron chi connectivity index (χ4n) is 1.39. The summed E-state index contributed by atoms with van der Waals surface area (Å²) in [4.78, 5) is 6.48. The molecule has 0 spiro atoms. The van der Waals surface area contributed by atoms with Crippen molar-refractivity contribution in [1.82, 2.24) is 4.98 Å². The van der Waals surface area contributed by atoms with E-state index in [0.29, 0.717) is 6.54 Å². The molecule has 1 aromatic heterocycles. The molecule has 0 saturated carbocycles. The summed E-state index contributed by atoms with van der Waals surface area (Å²) >= 11 is 1.65. The van der Waals surface area contributed by atoms with E-state index in [0.717, 1.165) is 21.2 Å². The van der Waals surface area contributed by atoms with E-state index in [1.54, 1.807) is 18.9 Å². The third-order valence-corrected chi connectivity index (χ3v) is 3.25. The minimum Gasteiger partial charge on any atom is -0.497 e. The number of hydrogen-bond acceptors (Lipinski definition) is 4. The van der Waals surface area contributed by atoms with Crippen molar-refractivity contribution in [3.8, 4) is 5.75 Å². The predicted molar refractivity (Wildman–Crippen MR) is 69.2 cm³/mol. The van der Waals surface area contributed by atoms with Gasteiger partial charge in [0.15, 0.2) is 0 Å². The molecule has 3 nitrogen and oxygen atoms in total. The highest BCUT2D eigenvalue weighted by Gasteiger charge is 2.00. The number of nitrogens with two attached hydrogens (primary N) is 1. The molecule has 0 amide bonds. The molecule has 2 rings (SSSR count). The molecule has 0 unspecified atom stereocenters. The first-order valence-corrected chi connectivity index (χ1v) is 6.10. The molecule has 17 heavy (non-hydrogen) atoms. The lowest BCUT2D eigenvalue weighted by molar-refractivity contribution is 0.413. The van der Waals surface area contributed by atoms with Crippen LogP contribution in [0.3, 0.4) is 0 Å². The van der Waals surface area contributed by atoms with Gasteiger partial charge in [-0.25, -0.2) is 0 Å². The maximum atomic E-state index is 5.50. The molecule has 0 bridgehead atoms. The quantitative estimate of drug-likeness (QED) is 0.901. The zero-order chi connectivity index (χ0) is 12.1. The number of pyridine rings is 1. The molecule has 0 aliphatic heterocycles. The minimum atomic E-state index is 0.476. The molecule has 0 aliphatic carbocycles. The second kappa shape index (κ2) is 5.70. The Labute approximate surface area is 105 Å². The standard InChI is InChI=1S/C13H14N2OS/c1-16-11-3-2-4-12(7-11)17-13-6-5-10(8-14)15-9-13/h2-7,9H,8,14H2,1H3. The van der Waals surface area contributed by atoms with Gasteiger partial charge in [0.2, 0.25) is 0 Å². The Kier molecular flexibility index (Phi) is 4.01. The lowest BCUT2D eigenvalue weighted by atomic mass is 10.3. The van der Waals surface area contributed by atoms with Gasteiger partial charge in [0.25, 0.3) is 0 Å². The smallest absolute Gasteiger partial charge is 0.119 e. The highest BCUT2D eigenvalue weighted by molar-refractivity contribution is 7.99. The van der Waals surface area contributed by atoms with Gasteiger partial charge >= 0.3 is 0 Å². The van der Waals surface area contributed by atoms with Gasteiger partial charge in [-0.3, -0.25) is 4.98 Å². The van der Waals surface area contributed by atoms with Crippen molar-refractivity contribution < 1.29 is 4.74 Å². The Morgan fingerprint density at radius 2 is 2.12 bits per heavy atom. The average Bonchev–Trinajstić information content (AvgIpc) is 2.40. The second-order valence-electron chi connectivity index (χ2n) is 3.47. The van der Waals surface area contributed by atoms with E-state index >= 15 is 0 Å². The third kappa shape index (κ3) is 3.22. The monoisotopic (exact) mass is 246 g/mol. The molecule has 1 heterocycles. The highest BCUT2D eigenvalue weighted by Crippen LogP contribution is 2.29. The summed E-state index contributed by atoms with van der Waals surface area (Å²) in [6.07, 6.45) is 1.84. The van der Waals surface area contributed by atoms with E-state index < -0.39 is 0 Å². The van der Waals surface area contributed by atoms with Crippen LogP contribution in [-0.2, 0) is 6.54 Å². The van der Waals surface area contributed by atoms with Crippen LogP contribution in [-0.4, -0.2) is 12.1 Å². The van der Waals surface area contributed by atoms with Gasteiger partial charge in [-0.1, -0.05) is 17.8 Å². The number of ether oxygens (including phenoxy) is 1. The van der Waals surface area contributed by atoms with Crippen molar-refractivity contribution in [3.63, 3.8) is 0 Å². The lowest BCUT2D eigenvalue weighted by Gasteiger charge is -2.04. The van der Waals surface area contributed by atoms with Crippen LogP contribution in [0.4, 0.5) is 0 Å². The van der Waals surface area contributed by atoms with Crippen molar-refractivity contribution in [2.75, 3.05) is 7.11 Å². The zero-order valence-corrected chi connectivity index (χ0v) is 10.4. The highest BCUT2D eigenvalue weighted by atomic mass is 32.2. The van der Waals surface area contributed by atoms with E-state index in [9.17, 15) is 0 Å². The summed E-state index contributed by atoms with van der Waals surface area (Å²) in [6.45, 7) is 0.476. The number of rotatable bonds is 4. The fourth-order valence-corrected chi connectivity index (χ4v) is 2.23. The fraction of sp³-hybridized carbons (Fsp3) is 0.154. The van der Waals surface area contributed by atoms with Crippen molar-refractivity contribution >= 4 is 11.8 Å². The predicted octanol–water partition coefficient (Wildman–Crippen LogP) is 2.70. The Bertz CT molecular complexity index is 485. The molecular weight excluding hydrogens is 232 g/mol. The molecule has 4 heteroatoms. The van der Waals surface area contributed by atoms with Crippen LogP contribution in [0, 0.1) is 0 Å². The summed E-state index contributed by atoms with van der Waals surface area (Å²) in [5, 5.41) is 0. The van der Waals surface area contributed by atoms with Crippen LogP contribution in [0.1, 0.15) is 5.69 Å². The van der Waals surface area contributed by atoms with Crippen LogP contribution in [0.15, 0.2) is 52.4 Å². The summed E-state index contributed by atoms with van der Waals surface area (Å²) in [5.41, 5.74) is 6.41. The van der Waals surface area contributed by atoms with Gasteiger partial charge in [-0.15, -0.1) is 0 Å². The largest absolute Gasteiger partial charge is 0.497 e. The van der Waals surface area contributed by atoms with E-state index in [-0.39, 0.29) is 0 Å². The molecular formula is C13H14N2OS. The normalized spacial score (nSPS) is 10.2. The van der Waals surface area contributed by atoms with Gasteiger partial charge < -0.3 is 10.5 Å². The van der Waals surface area contributed by atoms with Crippen LogP contribution in [0.5, 0.6) is 5.75 Å². The zero-order valence-electron chi connectivity index (χ0n) is 9.59. The van der Waals surface area contributed by atoms with Crippen LogP contribution in [0.2, 0.25) is 0 Å². The molecule has 0 atom stereocenters. The SMILES string of the molecule is COc1cccc(Sc2ccc(CN)nc2)c1. The summed E-state index contributed by atoms with van der Waals surface area (Å²) in [7, 11) is 1.67. The first-order valence-electron chi connectivity index (χ1n) is 5.28. The summed E-state index contributed by atoms with van der Waals surface area (Å²) in [6, 6.07) is 11.9. The number of nitrogens with zero attached hydrogens (tertiary/aromatic N) is 1. The van der Waals surface area contributed by atoms with E-state index in [1.165, 1.54) is 0 Å². The Balaban J connectivity index is 2.13. The van der Waals surface area contributed by atoms with Crippen molar-refractivity contribution in [1.29, 1.82) is 0 Å². The molecule has 1 aromatic carbocycles. The van der Waals surface area contributed by atoms with E-state index in [4.69, 9.17) is 10.5 Å². The van der Waals surface area contributed by atoms with Crippen LogP contribution in [0.25, 0.3) is 0 Å². The number of aromatic nitrogens is 1. The first kappa shape index (κ1) is 12.0. The van der Waals surface area contributed by atoms with Crippen molar-refractivity contribution in [2.24, 2.45) is 5.73 Å². The molecule has 0 aliphatic rings. The van der Waals surface area contributed by atoms with Crippen molar-refractivity contribution in [2.45, 2.75) is 16.3 Å². The summed E-state index contributed by atoms with van der Waals surface area (Å²) < 4.78 is 5.18. The number of methoxy groups -OCH3 is 1. The maximum Gasteiger partial charge on any atom is 0.119 e. The van der Waals surface area contributed by atoms with E-state index in [1.807, 2.05) is 42.6 Å². The van der Waals surface area contributed by atoms with E-state index in [2.05, 4.69) is 4.98 Å². The second-order valence-corrected chi connectivity index (χ2v) is 4.62. The number of hydrogen-bond donors (Lipinski definition) is 1. The van der Waals surface area contributed by atoms with Gasteiger partial charge in [0, 0.05) is 22.5 Å². The third-order valence-electron chi connectivity index (χ3n) is 2.28. The molecule has 2 aromatic rings. The topological polar surface area (TPSA) is 48.1 Å². The molecule has 0 saturated heterocycles. The Morgan fingerprint density at radius 1 is 1.24 bits per heavy atom.